The van der Waals surface area contributed by atoms with E-state index in [0.717, 1.165) is 22.4 Å². The molecule has 0 saturated heterocycles. The second-order valence-corrected chi connectivity index (χ2v) is 4.22. The van der Waals surface area contributed by atoms with Gasteiger partial charge in [-0.3, -0.25) is 9.97 Å². The Morgan fingerprint density at radius 3 is 2.13 bits per heavy atom. The van der Waals surface area contributed by atoms with E-state index in [2.05, 4.69) is 43.7 Å². The first-order valence-electron chi connectivity index (χ1n) is 5.22. The largest absolute Gasteiger partial charge is 0.251 e. The fraction of sp³-hybridized carbons (Fsp3) is 0.385. The first-order valence-corrected chi connectivity index (χ1v) is 5.22. The highest BCUT2D eigenvalue weighted by Gasteiger charge is 2.09. The maximum Gasteiger partial charge on any atom is 0.0924 e. The van der Waals surface area contributed by atoms with E-state index in [4.69, 9.17) is 0 Å². The van der Waals surface area contributed by atoms with E-state index in [-0.39, 0.29) is 0 Å². The van der Waals surface area contributed by atoms with Gasteiger partial charge in [0.15, 0.2) is 0 Å². The maximum atomic E-state index is 4.61. The van der Waals surface area contributed by atoms with E-state index in [0.29, 0.717) is 0 Å². The molecule has 0 aliphatic carbocycles. The van der Waals surface area contributed by atoms with Crippen molar-refractivity contribution in [3.05, 3.63) is 34.1 Å². The third-order valence-corrected chi connectivity index (χ3v) is 3.05. The summed E-state index contributed by atoms with van der Waals surface area (Å²) in [6.45, 7) is 10.4. The molecule has 0 aliphatic rings. The van der Waals surface area contributed by atoms with Gasteiger partial charge in [0.05, 0.1) is 11.0 Å². The molecule has 0 bridgehead atoms. The molecule has 78 valence electrons. The Balaban J connectivity index is 2.98. The molecule has 0 saturated carbocycles. The van der Waals surface area contributed by atoms with Crippen LogP contribution in [0.25, 0.3) is 11.0 Å². The van der Waals surface area contributed by atoms with E-state index >= 15 is 0 Å². The Hall–Kier alpha value is -1.44. The molecule has 2 aromatic heterocycles. The van der Waals surface area contributed by atoms with Crippen LogP contribution in [0.1, 0.15) is 28.1 Å². The number of rotatable bonds is 0. The summed E-state index contributed by atoms with van der Waals surface area (Å²) in [5.41, 5.74) is 7.98. The van der Waals surface area contributed by atoms with Gasteiger partial charge in [-0.05, 0) is 57.4 Å². The summed E-state index contributed by atoms with van der Waals surface area (Å²) in [5, 5.41) is 0. The Morgan fingerprint density at radius 1 is 0.800 bits per heavy atom. The summed E-state index contributed by atoms with van der Waals surface area (Å²) in [4.78, 5) is 9.19. The van der Waals surface area contributed by atoms with Crippen molar-refractivity contribution in [2.45, 2.75) is 34.6 Å². The van der Waals surface area contributed by atoms with Gasteiger partial charge in [-0.25, -0.2) is 0 Å². The van der Waals surface area contributed by atoms with Crippen LogP contribution in [-0.2, 0) is 0 Å². The Morgan fingerprint density at radius 2 is 1.47 bits per heavy atom. The number of pyridine rings is 2. The van der Waals surface area contributed by atoms with E-state index in [1.807, 2.05) is 6.92 Å². The minimum Gasteiger partial charge on any atom is -0.251 e. The third-order valence-electron chi connectivity index (χ3n) is 3.05. The van der Waals surface area contributed by atoms with Gasteiger partial charge in [0.25, 0.3) is 0 Å². The topological polar surface area (TPSA) is 25.8 Å². The lowest BCUT2D eigenvalue weighted by atomic mass is 10.0. The zero-order valence-corrected chi connectivity index (χ0v) is 9.97. The molecule has 15 heavy (non-hydrogen) atoms. The normalized spacial score (nSPS) is 11.0. The van der Waals surface area contributed by atoms with E-state index in [1.54, 1.807) is 0 Å². The van der Waals surface area contributed by atoms with E-state index in [1.165, 1.54) is 16.7 Å². The van der Waals surface area contributed by atoms with Crippen molar-refractivity contribution in [1.29, 1.82) is 0 Å². The van der Waals surface area contributed by atoms with Crippen LogP contribution in [-0.4, -0.2) is 9.97 Å². The van der Waals surface area contributed by atoms with Crippen molar-refractivity contribution in [2.75, 3.05) is 0 Å². The van der Waals surface area contributed by atoms with Gasteiger partial charge in [-0.2, -0.15) is 0 Å². The van der Waals surface area contributed by atoms with Crippen LogP contribution in [0.15, 0.2) is 6.07 Å². The fourth-order valence-electron chi connectivity index (χ4n) is 1.93. The Kier molecular flexibility index (Phi) is 2.22. The molecule has 0 fully saturated rings. The lowest BCUT2D eigenvalue weighted by Gasteiger charge is -2.10. The molecular formula is C13H16N2. The highest BCUT2D eigenvalue weighted by atomic mass is 14.8. The lowest BCUT2D eigenvalue weighted by molar-refractivity contribution is 1.12. The summed E-state index contributed by atoms with van der Waals surface area (Å²) in [5.74, 6) is 0. The molecule has 0 aliphatic heterocycles. The molecule has 0 unspecified atom stereocenters. The molecule has 2 rings (SSSR count). The third kappa shape index (κ3) is 1.50. The van der Waals surface area contributed by atoms with E-state index < -0.39 is 0 Å². The van der Waals surface area contributed by atoms with Crippen molar-refractivity contribution < 1.29 is 0 Å². The summed E-state index contributed by atoms with van der Waals surface area (Å²) in [6, 6.07) is 2.09. The quantitative estimate of drug-likeness (QED) is 0.652. The number of aryl methyl sites for hydroxylation is 4. The maximum absolute atomic E-state index is 4.61. The van der Waals surface area contributed by atoms with E-state index in [9.17, 15) is 0 Å². The number of aromatic nitrogens is 2. The van der Waals surface area contributed by atoms with Gasteiger partial charge in [-0.15, -0.1) is 0 Å². The molecular weight excluding hydrogens is 184 g/mol. The number of hydrogen-bond donors (Lipinski definition) is 0. The molecule has 0 spiro atoms. The zero-order chi connectivity index (χ0) is 11.2. The molecule has 0 aromatic carbocycles. The van der Waals surface area contributed by atoms with Crippen LogP contribution in [0.5, 0.6) is 0 Å². The summed E-state index contributed by atoms with van der Waals surface area (Å²) < 4.78 is 0. The van der Waals surface area contributed by atoms with Gasteiger partial charge in [0.2, 0.25) is 0 Å². The summed E-state index contributed by atoms with van der Waals surface area (Å²) in [7, 11) is 0. The van der Waals surface area contributed by atoms with Crippen LogP contribution in [0.4, 0.5) is 0 Å². The van der Waals surface area contributed by atoms with Crippen molar-refractivity contribution in [1.82, 2.24) is 9.97 Å². The number of fused-ring (bicyclic) bond motifs is 1. The number of nitrogens with zero attached hydrogens (tertiary/aromatic N) is 2. The second-order valence-electron chi connectivity index (χ2n) is 4.22. The molecule has 2 nitrogen and oxygen atoms in total. The predicted octanol–water partition coefficient (Wildman–Crippen LogP) is 3.17. The minimum absolute atomic E-state index is 1.04. The smallest absolute Gasteiger partial charge is 0.0924 e. The highest BCUT2D eigenvalue weighted by Crippen LogP contribution is 2.23. The minimum atomic E-state index is 1.04. The number of hydrogen-bond acceptors (Lipinski definition) is 2. The van der Waals surface area contributed by atoms with Crippen LogP contribution in [0, 0.1) is 34.6 Å². The van der Waals surface area contributed by atoms with Crippen molar-refractivity contribution >= 4 is 11.0 Å². The molecule has 0 atom stereocenters. The van der Waals surface area contributed by atoms with Gasteiger partial charge >= 0.3 is 0 Å². The predicted molar refractivity (Wildman–Crippen MR) is 63.2 cm³/mol. The van der Waals surface area contributed by atoms with Gasteiger partial charge in [0.1, 0.15) is 0 Å². The van der Waals surface area contributed by atoms with Crippen LogP contribution in [0.3, 0.4) is 0 Å². The standard InChI is InChI=1S/C13H16N2/c1-7-6-8(2)14-13-10(4)9(3)11(5)15-12(7)13/h6H,1-5H3. The van der Waals surface area contributed by atoms with Crippen molar-refractivity contribution in [2.24, 2.45) is 0 Å². The molecule has 2 heteroatoms. The lowest BCUT2D eigenvalue weighted by Crippen LogP contribution is -1.98. The van der Waals surface area contributed by atoms with Crippen LogP contribution < -0.4 is 0 Å². The first kappa shape index (κ1) is 10.1. The van der Waals surface area contributed by atoms with Crippen LogP contribution >= 0.6 is 0 Å². The van der Waals surface area contributed by atoms with Crippen molar-refractivity contribution in [3.63, 3.8) is 0 Å². The molecule has 2 heterocycles. The highest BCUT2D eigenvalue weighted by molar-refractivity contribution is 5.82. The summed E-state index contributed by atoms with van der Waals surface area (Å²) >= 11 is 0. The SMILES string of the molecule is Cc1cc(C)c2nc(C)c(C)c(C)c2n1. The first-order chi connectivity index (χ1) is 7.00. The molecule has 0 radical (unpaired) electrons. The Labute approximate surface area is 90.4 Å². The molecule has 0 amide bonds. The van der Waals surface area contributed by atoms with Gasteiger partial charge in [0, 0.05) is 11.4 Å². The van der Waals surface area contributed by atoms with Gasteiger partial charge in [-0.1, -0.05) is 0 Å². The summed E-state index contributed by atoms with van der Waals surface area (Å²) in [6.07, 6.45) is 0. The fourth-order valence-corrected chi connectivity index (χ4v) is 1.93. The monoisotopic (exact) mass is 200 g/mol. The molecule has 0 N–H and O–H groups in total. The van der Waals surface area contributed by atoms with Crippen LogP contribution in [0.2, 0.25) is 0 Å². The molecule has 2 aromatic rings. The zero-order valence-electron chi connectivity index (χ0n) is 9.97. The Bertz CT molecular complexity index is 542. The van der Waals surface area contributed by atoms with Crippen molar-refractivity contribution in [3.8, 4) is 0 Å². The average molecular weight is 200 g/mol. The van der Waals surface area contributed by atoms with Gasteiger partial charge < -0.3 is 0 Å². The average Bonchev–Trinajstić information content (AvgIpc) is 2.17. The second kappa shape index (κ2) is 3.30.